The maximum Gasteiger partial charge on any atom is 0.0908 e. The van der Waals surface area contributed by atoms with Crippen LogP contribution >= 0.6 is 11.6 Å². The van der Waals surface area contributed by atoms with Crippen molar-refractivity contribution >= 4 is 11.6 Å². The van der Waals surface area contributed by atoms with Gasteiger partial charge in [-0.05, 0) is 42.2 Å². The molecule has 1 N–H and O–H groups in total. The van der Waals surface area contributed by atoms with E-state index >= 15 is 0 Å². The fourth-order valence-electron chi connectivity index (χ4n) is 2.42. The van der Waals surface area contributed by atoms with Crippen LogP contribution in [0.25, 0.3) is 0 Å². The summed E-state index contributed by atoms with van der Waals surface area (Å²) < 4.78 is 0. The third-order valence-corrected chi connectivity index (χ3v) is 3.83. The lowest BCUT2D eigenvalue weighted by atomic mass is 9.88. The van der Waals surface area contributed by atoms with Crippen molar-refractivity contribution < 1.29 is 5.11 Å². The number of benzene rings is 2. The maximum absolute atomic E-state index is 10.7. The molecule has 0 heterocycles. The molecule has 0 fully saturated rings. The van der Waals surface area contributed by atoms with Gasteiger partial charge in [-0.2, -0.15) is 0 Å². The van der Waals surface area contributed by atoms with E-state index in [-0.39, 0.29) is 0 Å². The van der Waals surface area contributed by atoms with Gasteiger partial charge in [0.05, 0.1) is 5.60 Å². The first-order valence-electron chi connectivity index (χ1n) is 7.07. The largest absolute Gasteiger partial charge is 0.385 e. The quantitative estimate of drug-likeness (QED) is 0.842. The van der Waals surface area contributed by atoms with Crippen LogP contribution in [0.5, 0.6) is 0 Å². The molecule has 2 rings (SSSR count). The first-order valence-corrected chi connectivity index (χ1v) is 7.45. The highest BCUT2D eigenvalue weighted by Gasteiger charge is 2.23. The topological polar surface area (TPSA) is 20.2 Å². The van der Waals surface area contributed by atoms with Crippen molar-refractivity contribution in [1.29, 1.82) is 0 Å². The highest BCUT2D eigenvalue weighted by Crippen LogP contribution is 2.26. The zero-order valence-electron chi connectivity index (χ0n) is 12.1. The van der Waals surface area contributed by atoms with Gasteiger partial charge in [0, 0.05) is 11.4 Å². The van der Waals surface area contributed by atoms with Gasteiger partial charge in [-0.3, -0.25) is 0 Å². The van der Waals surface area contributed by atoms with Gasteiger partial charge >= 0.3 is 0 Å². The first-order chi connectivity index (χ1) is 9.51. The molecule has 0 bridgehead atoms. The van der Waals surface area contributed by atoms with Crippen molar-refractivity contribution in [3.63, 3.8) is 0 Å². The maximum atomic E-state index is 10.7. The Bertz CT molecular complexity index is 541. The Hall–Kier alpha value is -1.31. The van der Waals surface area contributed by atoms with Crippen LogP contribution in [0.4, 0.5) is 0 Å². The minimum Gasteiger partial charge on any atom is -0.385 e. The van der Waals surface area contributed by atoms with Gasteiger partial charge in [-0.1, -0.05) is 61.3 Å². The molecule has 2 heteroatoms. The summed E-state index contributed by atoms with van der Waals surface area (Å²) in [4.78, 5) is 0. The highest BCUT2D eigenvalue weighted by molar-refractivity contribution is 6.30. The van der Waals surface area contributed by atoms with Crippen LogP contribution in [0, 0.1) is 0 Å². The predicted molar refractivity (Wildman–Crippen MR) is 85.2 cm³/mol. The van der Waals surface area contributed by atoms with Gasteiger partial charge < -0.3 is 5.11 Å². The van der Waals surface area contributed by atoms with E-state index in [9.17, 15) is 5.11 Å². The summed E-state index contributed by atoms with van der Waals surface area (Å²) in [5, 5.41) is 11.4. The second-order valence-corrected chi connectivity index (χ2v) is 5.96. The van der Waals surface area contributed by atoms with Crippen LogP contribution < -0.4 is 0 Å². The van der Waals surface area contributed by atoms with E-state index < -0.39 is 5.60 Å². The van der Waals surface area contributed by atoms with Gasteiger partial charge in [-0.15, -0.1) is 0 Å². The van der Waals surface area contributed by atoms with E-state index in [2.05, 4.69) is 19.1 Å². The molecule has 0 radical (unpaired) electrons. The van der Waals surface area contributed by atoms with Crippen molar-refractivity contribution in [2.45, 2.75) is 38.7 Å². The van der Waals surface area contributed by atoms with Crippen molar-refractivity contribution in [3.8, 4) is 0 Å². The molecule has 2 aromatic carbocycles. The second kappa shape index (κ2) is 6.43. The van der Waals surface area contributed by atoms with Gasteiger partial charge in [0.25, 0.3) is 0 Å². The number of halogens is 1. The molecule has 1 unspecified atom stereocenters. The number of rotatable bonds is 5. The Balaban J connectivity index is 2.14. The summed E-state index contributed by atoms with van der Waals surface area (Å²) in [5.41, 5.74) is 2.49. The summed E-state index contributed by atoms with van der Waals surface area (Å²) in [5.74, 6) is 0. The van der Waals surface area contributed by atoms with Crippen molar-refractivity contribution in [2.24, 2.45) is 0 Å². The smallest absolute Gasteiger partial charge is 0.0908 e. The fraction of sp³-hybridized carbons (Fsp3) is 0.333. The van der Waals surface area contributed by atoms with Crippen LogP contribution in [0.1, 0.15) is 37.0 Å². The lowest BCUT2D eigenvalue weighted by Crippen LogP contribution is -2.24. The van der Waals surface area contributed by atoms with E-state index in [0.717, 1.165) is 29.0 Å². The van der Waals surface area contributed by atoms with E-state index in [1.54, 1.807) is 0 Å². The summed E-state index contributed by atoms with van der Waals surface area (Å²) in [6.45, 7) is 4.03. The molecule has 0 amide bonds. The third-order valence-electron chi connectivity index (χ3n) is 3.58. The molecular weight excluding hydrogens is 268 g/mol. The molecule has 0 aromatic heterocycles. The molecule has 0 aliphatic rings. The number of hydrogen-bond donors (Lipinski definition) is 1. The lowest BCUT2D eigenvalue weighted by Gasteiger charge is -2.24. The van der Waals surface area contributed by atoms with E-state index in [4.69, 9.17) is 11.6 Å². The number of hydrogen-bond acceptors (Lipinski definition) is 1. The minimum atomic E-state index is -0.863. The highest BCUT2D eigenvalue weighted by atomic mass is 35.5. The Kier molecular flexibility index (Phi) is 4.85. The molecular formula is C18H21ClO. The molecule has 0 aliphatic heterocycles. The average molecular weight is 289 g/mol. The van der Waals surface area contributed by atoms with Crippen LogP contribution in [0.15, 0.2) is 48.5 Å². The van der Waals surface area contributed by atoms with E-state index in [1.807, 2.05) is 43.3 Å². The van der Waals surface area contributed by atoms with Crippen LogP contribution in [0.3, 0.4) is 0 Å². The zero-order chi connectivity index (χ0) is 14.6. The van der Waals surface area contributed by atoms with Gasteiger partial charge in [-0.25, -0.2) is 0 Å². The van der Waals surface area contributed by atoms with E-state index in [0.29, 0.717) is 6.42 Å². The SMILES string of the molecule is CCCc1ccc(C(C)(O)Cc2ccc(Cl)cc2)cc1. The monoisotopic (exact) mass is 288 g/mol. The summed E-state index contributed by atoms with van der Waals surface area (Å²) >= 11 is 5.88. The van der Waals surface area contributed by atoms with Crippen molar-refractivity contribution in [2.75, 3.05) is 0 Å². The predicted octanol–water partition coefficient (Wildman–Crippen LogP) is 4.74. The second-order valence-electron chi connectivity index (χ2n) is 5.52. The van der Waals surface area contributed by atoms with Crippen LogP contribution in [-0.2, 0) is 18.4 Å². The molecule has 2 aromatic rings. The third kappa shape index (κ3) is 3.84. The normalized spacial score (nSPS) is 14.0. The van der Waals surface area contributed by atoms with Crippen LogP contribution in [-0.4, -0.2) is 5.11 Å². The van der Waals surface area contributed by atoms with Gasteiger partial charge in [0.1, 0.15) is 0 Å². The lowest BCUT2D eigenvalue weighted by molar-refractivity contribution is 0.0576. The standard InChI is InChI=1S/C18H21ClO/c1-3-4-14-5-9-16(10-6-14)18(2,20)13-15-7-11-17(19)12-8-15/h5-12,20H,3-4,13H2,1-2H3. The molecule has 0 aliphatic carbocycles. The number of aryl methyl sites for hydroxylation is 1. The molecule has 0 saturated carbocycles. The molecule has 0 saturated heterocycles. The first kappa shape index (κ1) is 15.1. The zero-order valence-corrected chi connectivity index (χ0v) is 12.8. The van der Waals surface area contributed by atoms with E-state index in [1.165, 1.54) is 5.56 Å². The minimum absolute atomic E-state index is 0.581. The molecule has 106 valence electrons. The van der Waals surface area contributed by atoms with Crippen molar-refractivity contribution in [1.82, 2.24) is 0 Å². The Morgan fingerprint density at radius 2 is 1.50 bits per heavy atom. The van der Waals surface area contributed by atoms with Crippen LogP contribution in [0.2, 0.25) is 5.02 Å². The average Bonchev–Trinajstić information content (AvgIpc) is 2.42. The Morgan fingerprint density at radius 3 is 2.05 bits per heavy atom. The fourth-order valence-corrected chi connectivity index (χ4v) is 2.55. The van der Waals surface area contributed by atoms with Gasteiger partial charge in [0.2, 0.25) is 0 Å². The Morgan fingerprint density at radius 1 is 0.950 bits per heavy atom. The van der Waals surface area contributed by atoms with Crippen molar-refractivity contribution in [3.05, 3.63) is 70.2 Å². The van der Waals surface area contributed by atoms with Gasteiger partial charge in [0.15, 0.2) is 0 Å². The number of aliphatic hydroxyl groups is 1. The molecule has 0 spiro atoms. The molecule has 1 atom stereocenters. The molecule has 1 nitrogen and oxygen atoms in total. The Labute approximate surface area is 126 Å². The summed E-state index contributed by atoms with van der Waals surface area (Å²) in [6.07, 6.45) is 2.80. The summed E-state index contributed by atoms with van der Waals surface area (Å²) in [7, 11) is 0. The molecule has 20 heavy (non-hydrogen) atoms. The summed E-state index contributed by atoms with van der Waals surface area (Å²) in [6, 6.07) is 15.9.